The van der Waals surface area contributed by atoms with Crippen molar-refractivity contribution in [1.82, 2.24) is 40.5 Å². The normalized spacial score (nSPS) is 22.4. The lowest BCUT2D eigenvalue weighted by Crippen LogP contribution is -2.58. The van der Waals surface area contributed by atoms with E-state index < -0.39 is 57.7 Å². The van der Waals surface area contributed by atoms with E-state index >= 15 is 4.39 Å². The molecule has 0 radical (unpaired) electrons. The molecule has 0 spiro atoms. The fraction of sp³-hybridized carbons (Fsp3) is 0.518. The monoisotopic (exact) mass is 1100 g/mol. The molecule has 6 atom stereocenters. The lowest BCUT2D eigenvalue weighted by Gasteiger charge is -2.40. The maximum Gasteiger partial charge on any atom is 0.418 e. The number of phenols is 1. The Kier molecular flexibility index (Phi) is 16.7. The summed E-state index contributed by atoms with van der Waals surface area (Å²) < 4.78 is 77.6. The molecule has 0 aliphatic carbocycles. The molecule has 22 heteroatoms. The van der Waals surface area contributed by atoms with Crippen molar-refractivity contribution in [2.75, 3.05) is 57.4 Å². The summed E-state index contributed by atoms with van der Waals surface area (Å²) in [6, 6.07) is 9.80. The minimum Gasteiger partial charge on any atom is -0.508 e. The first-order valence-corrected chi connectivity index (χ1v) is 27.0. The number of piperidine rings is 1. The summed E-state index contributed by atoms with van der Waals surface area (Å²) in [5.41, 5.74) is 0.610. The number of benzene rings is 2. The number of amides is 2. The Morgan fingerprint density at radius 1 is 1.06 bits per heavy atom. The molecule has 0 saturated carbocycles. The van der Waals surface area contributed by atoms with Gasteiger partial charge < -0.3 is 44.6 Å². The molecule has 7 heterocycles. The van der Waals surface area contributed by atoms with E-state index in [1.165, 1.54) is 11.1 Å². The second-order valence-corrected chi connectivity index (χ2v) is 22.2. The molecule has 4 aliphatic heterocycles. The number of halogens is 5. The van der Waals surface area contributed by atoms with E-state index in [-0.39, 0.29) is 83.6 Å². The van der Waals surface area contributed by atoms with Crippen LogP contribution < -0.4 is 25.0 Å². The van der Waals surface area contributed by atoms with Gasteiger partial charge in [-0.1, -0.05) is 49.7 Å². The van der Waals surface area contributed by atoms with Gasteiger partial charge in [0.1, 0.15) is 41.3 Å². The van der Waals surface area contributed by atoms with Gasteiger partial charge in [-0.05, 0) is 119 Å². The Labute approximate surface area is 455 Å². The third-order valence-electron chi connectivity index (χ3n) is 15.6. The molecule has 5 aromatic rings. The number of rotatable bonds is 17. The van der Waals surface area contributed by atoms with E-state index in [0.717, 1.165) is 60.2 Å². The van der Waals surface area contributed by atoms with Gasteiger partial charge in [-0.15, -0.1) is 0 Å². The average Bonchev–Trinajstić information content (AvgIpc) is 4.14. The molecule has 2 amide bonds. The maximum atomic E-state index is 16.7. The van der Waals surface area contributed by atoms with Crippen LogP contribution in [0.3, 0.4) is 0 Å². The van der Waals surface area contributed by atoms with Crippen LogP contribution >= 0.6 is 11.6 Å². The highest BCUT2D eigenvalue weighted by molar-refractivity contribution is 6.32. The molecule has 78 heavy (non-hydrogen) atoms. The van der Waals surface area contributed by atoms with Gasteiger partial charge in [0, 0.05) is 73.9 Å². The Balaban J connectivity index is 0.803. The van der Waals surface area contributed by atoms with Crippen molar-refractivity contribution in [2.24, 2.45) is 16.8 Å². The van der Waals surface area contributed by atoms with E-state index in [4.69, 9.17) is 30.6 Å². The first-order chi connectivity index (χ1) is 37.1. The standard InChI is InChI=1S/C56H67ClF4N10O7/c1-8-62-32(5)31(4)35-9-11-36(12-10-35)33(6)64-52(74)43-23-39(73)27-71(43)53(75)46(30(2)3)44-24-45(68-78-44)77-28-34-14-17-69(18-15-34)19-20-76-54-65-50-41(51(66-54)70-26-37-13-16-55(7,29-70)67-37)25-63-49(48(50)58)40-21-38(72)22-42(57)47(40)56(59,60)61/h8-12,21-22,24-25,30,33-34,37,39,43,46,67,72-73H,13-20,23,26-29H2,1-7H3,(H,64,74)/b32-31+,62-8?/t33?,37?,39-,43+,46?,55+/m1/s1. The van der Waals surface area contributed by atoms with E-state index in [2.05, 4.69) is 42.6 Å². The number of aliphatic imine (C=N–C) groups is 1. The molecular formula is C56H67ClF4N10O7. The van der Waals surface area contributed by atoms with Crippen LogP contribution in [0.5, 0.6) is 17.6 Å². The summed E-state index contributed by atoms with van der Waals surface area (Å²) in [7, 11) is 0. The number of fused-ring (bicyclic) bond motifs is 3. The molecule has 3 unspecified atom stereocenters. The predicted molar refractivity (Wildman–Crippen MR) is 287 cm³/mol. The van der Waals surface area contributed by atoms with Gasteiger partial charge in [-0.25, -0.2) is 4.39 Å². The largest absolute Gasteiger partial charge is 0.508 e. The first kappa shape index (κ1) is 56.3. The molecule has 4 fully saturated rings. The number of nitrogens with zero attached hydrogens (tertiary/aromatic N) is 8. The number of β-amino-alcohol motifs (C(OH)–C–C–N with tert-alkyl or cyclic N) is 1. The number of aliphatic hydroxyl groups is 1. The second-order valence-electron chi connectivity index (χ2n) is 21.8. The fourth-order valence-electron chi connectivity index (χ4n) is 11.4. The van der Waals surface area contributed by atoms with Crippen LogP contribution in [-0.4, -0.2) is 134 Å². The number of aromatic nitrogens is 4. The van der Waals surface area contributed by atoms with Gasteiger partial charge in [-0.3, -0.25) is 24.5 Å². The van der Waals surface area contributed by atoms with Crippen LogP contribution in [0.1, 0.15) is 115 Å². The average molecular weight is 1100 g/mol. The van der Waals surface area contributed by atoms with Gasteiger partial charge in [0.05, 0.1) is 34.7 Å². The van der Waals surface area contributed by atoms with Gasteiger partial charge in [-0.2, -0.15) is 23.1 Å². The minimum absolute atomic E-state index is 0.000804. The van der Waals surface area contributed by atoms with Gasteiger partial charge in [0.15, 0.2) is 11.6 Å². The van der Waals surface area contributed by atoms with Crippen molar-refractivity contribution in [2.45, 2.75) is 122 Å². The quantitative estimate of drug-likeness (QED) is 0.0507. The number of hydrogen-bond donors (Lipinski definition) is 4. The molecular weight excluding hydrogens is 1040 g/mol. The zero-order valence-corrected chi connectivity index (χ0v) is 45.6. The van der Waals surface area contributed by atoms with E-state index in [9.17, 15) is 33.0 Å². The fourth-order valence-corrected chi connectivity index (χ4v) is 11.7. The molecule has 2 aromatic carbocycles. The zero-order valence-electron chi connectivity index (χ0n) is 44.8. The van der Waals surface area contributed by atoms with Gasteiger partial charge >= 0.3 is 12.2 Å². The molecule has 3 aromatic heterocycles. The number of ether oxygens (including phenoxy) is 2. The van der Waals surface area contributed by atoms with Crippen molar-refractivity contribution in [3.8, 4) is 28.9 Å². The number of aliphatic hydroxyl groups excluding tert-OH is 1. The number of alkyl halides is 3. The van der Waals surface area contributed by atoms with Crippen molar-refractivity contribution < 1.29 is 51.4 Å². The Hall–Kier alpha value is -6.42. The van der Waals surface area contributed by atoms with Crippen molar-refractivity contribution in [1.29, 1.82) is 0 Å². The van der Waals surface area contributed by atoms with Gasteiger partial charge in [0.2, 0.25) is 11.8 Å². The predicted octanol–water partition coefficient (Wildman–Crippen LogP) is 9.12. The third kappa shape index (κ3) is 12.2. The number of pyridine rings is 1. The number of piperazine rings is 1. The van der Waals surface area contributed by atoms with Crippen LogP contribution in [-0.2, 0) is 15.8 Å². The highest BCUT2D eigenvalue weighted by Crippen LogP contribution is 2.45. The molecule has 2 bridgehead atoms. The summed E-state index contributed by atoms with van der Waals surface area (Å²) in [4.78, 5) is 51.4. The maximum absolute atomic E-state index is 16.7. The number of carbonyl (C=O) groups excluding carboxylic acids is 2. The lowest BCUT2D eigenvalue weighted by molar-refractivity contribution is -0.141. The van der Waals surface area contributed by atoms with Crippen molar-refractivity contribution >= 4 is 51.9 Å². The smallest absolute Gasteiger partial charge is 0.418 e. The van der Waals surface area contributed by atoms with Crippen molar-refractivity contribution in [3.05, 3.63) is 87.6 Å². The summed E-state index contributed by atoms with van der Waals surface area (Å²) in [6.45, 7) is 17.1. The topological polar surface area (TPSA) is 204 Å². The van der Waals surface area contributed by atoms with E-state index in [0.29, 0.717) is 50.9 Å². The molecule has 4 aliphatic rings. The second kappa shape index (κ2) is 23.1. The Morgan fingerprint density at radius 3 is 2.50 bits per heavy atom. The lowest BCUT2D eigenvalue weighted by atomic mass is 9.91. The number of allylic oxidation sites excluding steroid dienone is 2. The first-order valence-electron chi connectivity index (χ1n) is 26.6. The van der Waals surface area contributed by atoms with Crippen LogP contribution in [0.2, 0.25) is 5.02 Å². The van der Waals surface area contributed by atoms with Crippen LogP contribution in [0.4, 0.5) is 23.4 Å². The van der Waals surface area contributed by atoms with Gasteiger partial charge in [0.25, 0.3) is 5.88 Å². The zero-order chi connectivity index (χ0) is 55.8. The highest BCUT2D eigenvalue weighted by atomic mass is 35.5. The van der Waals surface area contributed by atoms with Crippen LogP contribution in [0.15, 0.2) is 63.9 Å². The summed E-state index contributed by atoms with van der Waals surface area (Å²) in [6.07, 6.45) is 0.666. The van der Waals surface area contributed by atoms with E-state index in [1.807, 2.05) is 70.7 Å². The SMILES string of the molecule is CC=N/C(C)=C(\C)c1ccc(C(C)NC(=O)[C@@H]2C[C@@H](O)CN2C(=O)C(c2cc(OCC3CCN(CCOc4nc(N5CC6CC[C@@](C)(C5)N6)c5cnc(-c6cc(O)cc(Cl)c6C(F)(F)F)c(F)c5n4)CC3)no2)C(C)C)cc1. The number of carbonyl (C=O) groups is 2. The number of likely N-dealkylation sites (tertiary alicyclic amines) is 2. The number of anilines is 1. The number of hydrogen-bond acceptors (Lipinski definition) is 15. The Morgan fingerprint density at radius 2 is 1.81 bits per heavy atom. The highest BCUT2D eigenvalue weighted by Gasteiger charge is 2.45. The minimum atomic E-state index is -4.99. The number of nitrogens with one attached hydrogen (secondary N) is 2. The molecule has 9 rings (SSSR count). The van der Waals surface area contributed by atoms with E-state index in [1.54, 1.807) is 12.3 Å². The van der Waals surface area contributed by atoms with Crippen LogP contribution in [0.25, 0.3) is 27.7 Å². The summed E-state index contributed by atoms with van der Waals surface area (Å²) in [5, 5.41) is 31.2. The molecule has 4 N–H and O–H groups in total. The summed E-state index contributed by atoms with van der Waals surface area (Å²) in [5.74, 6) is -2.42. The number of phenolic OH excluding ortho intramolecular Hbond substituents is 1. The molecule has 17 nitrogen and oxygen atoms in total. The molecule has 4 saturated heterocycles. The van der Waals surface area contributed by atoms with Crippen molar-refractivity contribution in [3.63, 3.8) is 0 Å². The third-order valence-corrected chi connectivity index (χ3v) is 15.9. The Bertz CT molecular complexity index is 3080. The van der Waals surface area contributed by atoms with Crippen LogP contribution in [0, 0.1) is 17.7 Å². The molecule has 418 valence electrons. The number of aromatic hydroxyl groups is 1. The summed E-state index contributed by atoms with van der Waals surface area (Å²) >= 11 is 5.97.